The van der Waals surface area contributed by atoms with Crippen LogP contribution >= 0.6 is 0 Å². The molecular formula is C42H43F3N6O8S. The monoisotopic (exact) mass is 848 g/mol. The number of nitrogens with one attached hydrogen (secondary N) is 2. The second-order valence-corrected chi connectivity index (χ2v) is 14.2. The molecule has 0 unspecified atom stereocenters. The Morgan fingerprint density at radius 3 is 1.77 bits per heavy atom. The quantitative estimate of drug-likeness (QED) is 0.0611. The number of methoxy groups -OCH3 is 2. The van der Waals surface area contributed by atoms with Crippen LogP contribution in [0.5, 0.6) is 23.1 Å². The molecule has 6 aromatic rings. The number of halogens is 3. The minimum absolute atomic E-state index is 0.0128. The lowest BCUT2D eigenvalue weighted by molar-refractivity contribution is -0.137. The van der Waals surface area contributed by atoms with Crippen LogP contribution in [0.2, 0.25) is 0 Å². The summed E-state index contributed by atoms with van der Waals surface area (Å²) in [6.07, 6.45) is -0.131. The van der Waals surface area contributed by atoms with Gasteiger partial charge in [0.05, 0.1) is 30.9 Å². The van der Waals surface area contributed by atoms with E-state index >= 15 is 0 Å². The number of ether oxygens (including phenoxy) is 2. The SMILES string of the molecule is CC/C(=C(/CC)c1ccc(O)cc1)c1ccc(O)cc1.COc1ncnc(NS(=O)(=O)c2ccc(N)cc2)c1OC.Cc1oncc1C(=O)Nc1ccc(C(F)(F)F)cc1. The third kappa shape index (κ3) is 12.2. The number of alkyl halides is 3. The molecule has 0 saturated carbocycles. The molecule has 0 radical (unpaired) electrons. The molecule has 0 saturated heterocycles. The number of nitrogens with two attached hydrogens (primary N) is 1. The highest BCUT2D eigenvalue weighted by Crippen LogP contribution is 2.34. The van der Waals surface area contributed by atoms with Gasteiger partial charge in [-0.15, -0.1) is 0 Å². The van der Waals surface area contributed by atoms with Crippen molar-refractivity contribution >= 4 is 44.3 Å². The number of carbonyl (C=O) groups excluding carboxylic acids is 1. The molecule has 60 heavy (non-hydrogen) atoms. The minimum atomic E-state index is -4.40. The van der Waals surface area contributed by atoms with Gasteiger partial charge in [-0.3, -0.25) is 9.52 Å². The molecular weight excluding hydrogens is 806 g/mol. The van der Waals surface area contributed by atoms with E-state index in [9.17, 15) is 36.6 Å². The summed E-state index contributed by atoms with van der Waals surface area (Å²) in [5.74, 6) is 0.629. The van der Waals surface area contributed by atoms with Gasteiger partial charge in [0, 0.05) is 11.4 Å². The molecule has 0 aliphatic rings. The van der Waals surface area contributed by atoms with Crippen LogP contribution in [0.4, 0.5) is 30.4 Å². The van der Waals surface area contributed by atoms with Gasteiger partial charge in [-0.25, -0.2) is 13.4 Å². The minimum Gasteiger partial charge on any atom is -0.508 e. The van der Waals surface area contributed by atoms with Crippen LogP contribution in [0.15, 0.2) is 119 Å². The average molecular weight is 849 g/mol. The summed E-state index contributed by atoms with van der Waals surface area (Å²) in [5.41, 5.74) is 10.5. The maximum Gasteiger partial charge on any atom is 0.416 e. The number of allylic oxidation sites excluding steroid dienone is 2. The number of rotatable bonds is 11. The fraction of sp³-hybridized carbons (Fsp3) is 0.190. The zero-order valence-corrected chi connectivity index (χ0v) is 33.9. The Morgan fingerprint density at radius 1 is 0.800 bits per heavy atom. The summed E-state index contributed by atoms with van der Waals surface area (Å²) in [7, 11) is -1.06. The predicted octanol–water partition coefficient (Wildman–Crippen LogP) is 8.96. The number of phenols is 2. The summed E-state index contributed by atoms with van der Waals surface area (Å²) >= 11 is 0. The van der Waals surface area contributed by atoms with Gasteiger partial charge in [0.2, 0.25) is 5.75 Å². The average Bonchev–Trinajstić information content (AvgIpc) is 3.67. The molecule has 6 N–H and O–H groups in total. The topological polar surface area (TPSA) is 212 Å². The van der Waals surface area contributed by atoms with Crippen molar-refractivity contribution in [3.8, 4) is 23.1 Å². The second kappa shape index (κ2) is 20.6. The van der Waals surface area contributed by atoms with Crippen LogP contribution in [-0.4, -0.2) is 53.9 Å². The third-order valence-electron chi connectivity index (χ3n) is 8.56. The molecule has 0 aliphatic carbocycles. The van der Waals surface area contributed by atoms with Crippen molar-refractivity contribution in [2.24, 2.45) is 0 Å². The van der Waals surface area contributed by atoms with E-state index in [4.69, 9.17) is 19.7 Å². The normalized spacial score (nSPS) is 11.5. The molecule has 14 nitrogen and oxygen atoms in total. The van der Waals surface area contributed by atoms with Gasteiger partial charge in [0.15, 0.2) is 5.82 Å². The Morgan fingerprint density at radius 2 is 1.33 bits per heavy atom. The summed E-state index contributed by atoms with van der Waals surface area (Å²) in [6.45, 7) is 5.84. The standard InChI is InChI=1S/C18H20O2.C12H9F3N2O2.C12H14N4O4S/c1-3-17(13-5-9-15(19)10-6-13)18(4-2)14-7-11-16(20)12-8-14;1-7-10(6-16-19-7)11(18)17-9-4-2-8(3-5-9)12(13,14)15;1-19-10-11(14-7-15-12(10)20-2)16-21(17,18)9-5-3-8(13)4-6-9/h5-12,19-20H,3-4H2,1-2H3;2-6H,1H3,(H,17,18);3-7H,13H2,1-2H3,(H,14,15,16)/b18-17+;;. The molecule has 0 bridgehead atoms. The van der Waals surface area contributed by atoms with Gasteiger partial charge in [-0.05, 0) is 115 Å². The van der Waals surface area contributed by atoms with Crippen molar-refractivity contribution < 1.29 is 50.6 Å². The summed E-state index contributed by atoms with van der Waals surface area (Å²) < 4.78 is 78.7. The maximum absolute atomic E-state index is 12.4. The number of nitrogen functional groups attached to an aromatic ring is 1. The van der Waals surface area contributed by atoms with E-state index in [1.54, 1.807) is 31.2 Å². The number of aromatic hydroxyl groups is 2. The van der Waals surface area contributed by atoms with Crippen LogP contribution in [0.3, 0.4) is 0 Å². The highest BCUT2D eigenvalue weighted by atomic mass is 32.2. The molecule has 0 aliphatic heterocycles. The van der Waals surface area contributed by atoms with E-state index in [1.165, 1.54) is 74.3 Å². The zero-order valence-electron chi connectivity index (χ0n) is 33.1. The maximum atomic E-state index is 12.4. The molecule has 4 aromatic carbocycles. The van der Waals surface area contributed by atoms with Crippen LogP contribution in [0.25, 0.3) is 11.1 Å². The Labute approximate surface area is 344 Å². The molecule has 0 spiro atoms. The van der Waals surface area contributed by atoms with Crippen LogP contribution in [0, 0.1) is 6.92 Å². The fourth-order valence-electron chi connectivity index (χ4n) is 5.56. The van der Waals surface area contributed by atoms with Crippen LogP contribution < -0.4 is 25.2 Å². The van der Waals surface area contributed by atoms with E-state index in [1.807, 2.05) is 24.3 Å². The Bertz CT molecular complexity index is 2420. The van der Waals surface area contributed by atoms with Gasteiger partial charge in [-0.1, -0.05) is 43.3 Å². The van der Waals surface area contributed by atoms with Crippen molar-refractivity contribution in [3.63, 3.8) is 0 Å². The van der Waals surface area contributed by atoms with Crippen molar-refractivity contribution in [1.82, 2.24) is 15.1 Å². The molecule has 316 valence electrons. The zero-order chi connectivity index (χ0) is 44.0. The predicted molar refractivity (Wildman–Crippen MR) is 221 cm³/mol. The molecule has 0 fully saturated rings. The van der Waals surface area contributed by atoms with Gasteiger partial charge in [0.25, 0.3) is 21.8 Å². The molecule has 6 rings (SSSR count). The number of anilines is 3. The molecule has 2 heterocycles. The Kier molecular flexibility index (Phi) is 15.6. The van der Waals surface area contributed by atoms with Gasteiger partial charge in [0.1, 0.15) is 29.2 Å². The van der Waals surface area contributed by atoms with E-state index in [0.29, 0.717) is 11.4 Å². The molecule has 2 aromatic heterocycles. The second-order valence-electron chi connectivity index (χ2n) is 12.5. The van der Waals surface area contributed by atoms with Gasteiger partial charge < -0.3 is 35.3 Å². The van der Waals surface area contributed by atoms with E-state index in [0.717, 1.165) is 36.1 Å². The van der Waals surface area contributed by atoms with Crippen molar-refractivity contribution in [1.29, 1.82) is 0 Å². The summed E-state index contributed by atoms with van der Waals surface area (Å²) in [5, 5.41) is 24.7. The van der Waals surface area contributed by atoms with Gasteiger partial charge in [-0.2, -0.15) is 18.2 Å². The van der Waals surface area contributed by atoms with Crippen molar-refractivity contribution in [2.45, 2.75) is 44.7 Å². The summed E-state index contributed by atoms with van der Waals surface area (Å²) in [4.78, 5) is 19.5. The number of nitrogens with zero attached hydrogens (tertiary/aromatic N) is 3. The smallest absolute Gasteiger partial charge is 0.416 e. The van der Waals surface area contributed by atoms with E-state index in [-0.39, 0.29) is 45.1 Å². The first kappa shape index (κ1) is 45.6. The third-order valence-corrected chi connectivity index (χ3v) is 9.91. The number of phenolic OH excluding ortho intramolecular Hbond substituents is 2. The van der Waals surface area contributed by atoms with Gasteiger partial charge >= 0.3 is 6.18 Å². The largest absolute Gasteiger partial charge is 0.508 e. The summed E-state index contributed by atoms with van der Waals surface area (Å²) in [6, 6.07) is 24.6. The number of amides is 1. The van der Waals surface area contributed by atoms with E-state index < -0.39 is 27.7 Å². The first-order valence-corrected chi connectivity index (χ1v) is 19.5. The number of carbonyl (C=O) groups is 1. The first-order valence-electron chi connectivity index (χ1n) is 18.0. The van der Waals surface area contributed by atoms with Crippen LogP contribution in [0.1, 0.15) is 59.5 Å². The molecule has 18 heteroatoms. The van der Waals surface area contributed by atoms with Crippen molar-refractivity contribution in [3.05, 3.63) is 138 Å². The number of aromatic nitrogens is 3. The highest BCUT2D eigenvalue weighted by molar-refractivity contribution is 7.92. The number of sulfonamides is 1. The lowest BCUT2D eigenvalue weighted by Crippen LogP contribution is -2.15. The lowest BCUT2D eigenvalue weighted by Gasteiger charge is -2.14. The first-order chi connectivity index (χ1) is 28.5. The van der Waals surface area contributed by atoms with Crippen molar-refractivity contribution in [2.75, 3.05) is 30.0 Å². The number of benzene rings is 4. The number of hydrogen-bond acceptors (Lipinski definition) is 12. The number of hydrogen-bond donors (Lipinski definition) is 5. The lowest BCUT2D eigenvalue weighted by atomic mass is 9.91. The molecule has 0 atom stereocenters. The fourth-order valence-corrected chi connectivity index (χ4v) is 6.57. The Hall–Kier alpha value is -7.08. The van der Waals surface area contributed by atoms with E-state index in [2.05, 4.69) is 39.0 Å². The highest BCUT2D eigenvalue weighted by Gasteiger charge is 2.30. The Balaban J connectivity index is 0.000000199. The molecule has 1 amide bonds. The number of aryl methyl sites for hydroxylation is 1. The van der Waals surface area contributed by atoms with Crippen LogP contribution in [-0.2, 0) is 16.2 Å².